The van der Waals surface area contributed by atoms with E-state index in [0.717, 1.165) is 36.0 Å². The van der Waals surface area contributed by atoms with Crippen molar-refractivity contribution in [2.45, 2.75) is 97.3 Å². The summed E-state index contributed by atoms with van der Waals surface area (Å²) in [7, 11) is -1.90. The predicted molar refractivity (Wildman–Crippen MR) is 138 cm³/mol. The second-order valence-electron chi connectivity index (χ2n) is 11.8. The summed E-state index contributed by atoms with van der Waals surface area (Å²) < 4.78 is 20.1. The average molecular weight is 490 g/mol. The Morgan fingerprint density at radius 1 is 1.21 bits per heavy atom. The Morgan fingerprint density at radius 3 is 2.56 bits per heavy atom. The van der Waals surface area contributed by atoms with Crippen LogP contribution in [0.2, 0.25) is 18.1 Å². The minimum Gasteiger partial charge on any atom is -0.444 e. The molecule has 1 aliphatic heterocycles. The second-order valence-corrected chi connectivity index (χ2v) is 16.6. The van der Waals surface area contributed by atoms with Crippen molar-refractivity contribution in [2.75, 3.05) is 19.8 Å². The molecule has 190 valence electrons. The van der Waals surface area contributed by atoms with Crippen LogP contribution in [0, 0.1) is 0 Å². The molecule has 0 N–H and O–H groups in total. The number of ether oxygens (including phenoxy) is 2. The third-order valence-electron chi connectivity index (χ3n) is 6.76. The molecule has 3 rings (SSSR count). The smallest absolute Gasteiger partial charge is 0.410 e. The molecule has 1 atom stereocenters. The van der Waals surface area contributed by atoms with Crippen LogP contribution in [0.1, 0.15) is 72.6 Å². The molecule has 0 radical (unpaired) electrons. The summed E-state index contributed by atoms with van der Waals surface area (Å²) >= 11 is 0. The Kier molecular flexibility index (Phi) is 8.15. The molecule has 0 aliphatic carbocycles. The van der Waals surface area contributed by atoms with Crippen molar-refractivity contribution in [2.24, 2.45) is 0 Å². The van der Waals surface area contributed by atoms with Gasteiger partial charge in [-0.15, -0.1) is 0 Å². The number of fused-ring (bicyclic) bond motifs is 1. The number of imidazole rings is 1. The van der Waals surface area contributed by atoms with Crippen LogP contribution in [0.4, 0.5) is 4.79 Å². The van der Waals surface area contributed by atoms with Crippen LogP contribution in [-0.4, -0.2) is 54.2 Å². The summed E-state index contributed by atoms with van der Waals surface area (Å²) in [6.07, 6.45) is 4.89. The lowest BCUT2D eigenvalue weighted by Gasteiger charge is -2.37. The zero-order valence-electron chi connectivity index (χ0n) is 22.3. The maximum absolute atomic E-state index is 13.0. The van der Waals surface area contributed by atoms with E-state index < -0.39 is 13.9 Å². The summed E-state index contributed by atoms with van der Waals surface area (Å²) in [5.41, 5.74) is 2.42. The third kappa shape index (κ3) is 6.83. The molecule has 0 bridgehead atoms. The molecular weight excluding hydrogens is 446 g/mol. The van der Waals surface area contributed by atoms with Crippen LogP contribution >= 0.6 is 0 Å². The largest absolute Gasteiger partial charge is 0.444 e. The lowest BCUT2D eigenvalue weighted by molar-refractivity contribution is -0.0295. The van der Waals surface area contributed by atoms with Gasteiger partial charge >= 0.3 is 6.09 Å². The van der Waals surface area contributed by atoms with Crippen molar-refractivity contribution in [3.8, 4) is 0 Å². The van der Waals surface area contributed by atoms with Gasteiger partial charge in [0.05, 0.1) is 24.0 Å². The quantitative estimate of drug-likeness (QED) is 0.416. The monoisotopic (exact) mass is 489 g/mol. The van der Waals surface area contributed by atoms with Crippen molar-refractivity contribution >= 4 is 25.4 Å². The van der Waals surface area contributed by atoms with Gasteiger partial charge in [-0.25, -0.2) is 9.78 Å². The Hall–Kier alpha value is -1.90. The highest BCUT2D eigenvalue weighted by Crippen LogP contribution is 2.36. The van der Waals surface area contributed by atoms with E-state index in [1.807, 2.05) is 27.1 Å². The fourth-order valence-corrected chi connectivity index (χ4v) is 4.79. The van der Waals surface area contributed by atoms with Crippen LogP contribution < -0.4 is 0 Å². The van der Waals surface area contributed by atoms with E-state index >= 15 is 0 Å². The minimum atomic E-state index is -1.90. The lowest BCUT2D eigenvalue weighted by Crippen LogP contribution is -2.44. The fourth-order valence-electron chi connectivity index (χ4n) is 3.76. The van der Waals surface area contributed by atoms with Crippen LogP contribution in [0.15, 0.2) is 24.5 Å². The van der Waals surface area contributed by atoms with E-state index in [2.05, 4.69) is 61.6 Å². The molecule has 8 heteroatoms. The van der Waals surface area contributed by atoms with Gasteiger partial charge in [-0.1, -0.05) is 26.8 Å². The molecule has 1 unspecified atom stereocenters. The zero-order valence-corrected chi connectivity index (χ0v) is 23.3. The molecular formula is C26H43N3O4Si. The number of benzene rings is 1. The highest BCUT2D eigenvalue weighted by Gasteiger charge is 2.37. The van der Waals surface area contributed by atoms with Gasteiger partial charge in [0.2, 0.25) is 0 Å². The number of rotatable bonds is 7. The maximum Gasteiger partial charge on any atom is 0.410 e. The van der Waals surface area contributed by atoms with Gasteiger partial charge in [0.25, 0.3) is 0 Å². The van der Waals surface area contributed by atoms with Gasteiger partial charge in [-0.2, -0.15) is 0 Å². The van der Waals surface area contributed by atoms with E-state index in [1.54, 1.807) is 4.90 Å². The molecule has 2 heterocycles. The molecule has 1 fully saturated rings. The van der Waals surface area contributed by atoms with E-state index in [9.17, 15) is 4.79 Å². The molecule has 1 aromatic carbocycles. The minimum absolute atomic E-state index is 0.0512. The first-order chi connectivity index (χ1) is 15.8. The number of carbonyl (C=O) groups excluding carboxylic acids is 1. The molecule has 1 saturated heterocycles. The Morgan fingerprint density at radius 2 is 1.94 bits per heavy atom. The number of nitrogens with zero attached hydrogens (tertiary/aromatic N) is 3. The summed E-state index contributed by atoms with van der Waals surface area (Å²) in [6, 6.07) is 6.20. The van der Waals surface area contributed by atoms with Crippen LogP contribution in [-0.2, 0) is 20.4 Å². The number of hydrogen-bond donors (Lipinski definition) is 0. The maximum atomic E-state index is 13.0. The molecule has 0 saturated carbocycles. The van der Waals surface area contributed by atoms with Gasteiger partial charge in [-0.05, 0) is 75.9 Å². The number of hydrogen-bond acceptors (Lipinski definition) is 5. The first kappa shape index (κ1) is 26.7. The normalized spacial score (nSPS) is 17.7. The van der Waals surface area contributed by atoms with Gasteiger partial charge in [0.15, 0.2) is 8.32 Å². The molecule has 7 nitrogen and oxygen atoms in total. The first-order valence-corrected chi connectivity index (χ1v) is 15.4. The highest BCUT2D eigenvalue weighted by atomic mass is 28.4. The van der Waals surface area contributed by atoms with Crippen molar-refractivity contribution in [3.63, 3.8) is 0 Å². The van der Waals surface area contributed by atoms with Crippen molar-refractivity contribution in [3.05, 3.63) is 30.1 Å². The Balaban J connectivity index is 1.74. The van der Waals surface area contributed by atoms with Crippen LogP contribution in [0.5, 0.6) is 0 Å². The lowest BCUT2D eigenvalue weighted by atomic mass is 10.1. The van der Waals surface area contributed by atoms with Crippen molar-refractivity contribution in [1.82, 2.24) is 14.5 Å². The highest BCUT2D eigenvalue weighted by molar-refractivity contribution is 6.74. The van der Waals surface area contributed by atoms with Crippen molar-refractivity contribution < 1.29 is 18.7 Å². The summed E-state index contributed by atoms with van der Waals surface area (Å²) in [4.78, 5) is 19.4. The SMILES string of the molecule is CC(C)(C)OC(=O)N(CCO[Si](C)(C)C(C)(C)C)Cc1ccc2c(c1)ncn2C1CCCCO1. The summed E-state index contributed by atoms with van der Waals surface area (Å²) in [5, 5.41) is 0.121. The van der Waals surface area contributed by atoms with Crippen LogP contribution in [0.25, 0.3) is 11.0 Å². The van der Waals surface area contributed by atoms with Gasteiger partial charge in [0, 0.05) is 19.7 Å². The standard InChI is InChI=1S/C26H43N3O4Si/c1-25(2,3)33-24(30)28(14-16-32-34(7,8)26(4,5)6)18-20-12-13-22-21(17-20)27-19-29(22)23-11-9-10-15-31-23/h12-13,17,19,23H,9-11,14-16,18H2,1-8H3. The van der Waals surface area contributed by atoms with E-state index in [4.69, 9.17) is 13.9 Å². The van der Waals surface area contributed by atoms with E-state index in [1.165, 1.54) is 6.42 Å². The van der Waals surface area contributed by atoms with Crippen LogP contribution in [0.3, 0.4) is 0 Å². The number of carbonyl (C=O) groups is 1. The number of amides is 1. The summed E-state index contributed by atoms with van der Waals surface area (Å²) in [6.45, 7) is 19.0. The average Bonchev–Trinajstić information content (AvgIpc) is 3.15. The topological polar surface area (TPSA) is 65.8 Å². The van der Waals surface area contributed by atoms with Gasteiger partial charge in [0.1, 0.15) is 11.8 Å². The predicted octanol–water partition coefficient (Wildman–Crippen LogP) is 6.49. The Labute approximate surface area is 205 Å². The molecule has 1 aromatic heterocycles. The fraction of sp³-hybridized carbons (Fsp3) is 0.692. The van der Waals surface area contributed by atoms with Gasteiger partial charge < -0.3 is 23.4 Å². The molecule has 0 spiro atoms. The number of aromatic nitrogens is 2. The van der Waals surface area contributed by atoms with E-state index in [0.29, 0.717) is 19.7 Å². The zero-order chi connectivity index (χ0) is 25.1. The van der Waals surface area contributed by atoms with E-state index in [-0.39, 0.29) is 17.4 Å². The third-order valence-corrected chi connectivity index (χ3v) is 11.3. The Bertz CT molecular complexity index is 969. The van der Waals surface area contributed by atoms with Crippen molar-refractivity contribution in [1.29, 1.82) is 0 Å². The molecule has 34 heavy (non-hydrogen) atoms. The second kappa shape index (κ2) is 10.4. The first-order valence-electron chi connectivity index (χ1n) is 12.5. The van der Waals surface area contributed by atoms with Gasteiger partial charge in [-0.3, -0.25) is 0 Å². The molecule has 2 aromatic rings. The summed E-state index contributed by atoms with van der Waals surface area (Å²) in [5.74, 6) is 0. The molecule has 1 amide bonds. The molecule has 1 aliphatic rings.